The average molecular weight is 393 g/mol. The van der Waals surface area contributed by atoms with E-state index in [0.717, 1.165) is 34.0 Å². The van der Waals surface area contributed by atoms with Gasteiger partial charge < -0.3 is 9.47 Å². The van der Waals surface area contributed by atoms with Crippen LogP contribution in [0.3, 0.4) is 0 Å². The minimum atomic E-state index is 0.0629. The normalized spacial score (nSPS) is 16.0. The molecule has 28 heavy (non-hydrogen) atoms. The number of hydrogen-bond acceptors (Lipinski definition) is 4. The molecule has 0 aromatic heterocycles. The topological polar surface area (TPSA) is 34.1 Å². The molecule has 0 fully saturated rings. The SMILES string of the molecule is COc1ccc([C@H]2CC(c3ccc(Cl)cc3)=NN2c2ccccc2)cc1OC. The third-order valence-corrected chi connectivity index (χ3v) is 5.15. The maximum absolute atomic E-state index is 6.05. The van der Waals surface area contributed by atoms with E-state index in [4.69, 9.17) is 26.2 Å². The number of methoxy groups -OCH3 is 2. The Hall–Kier alpha value is -2.98. The largest absolute Gasteiger partial charge is 0.493 e. The van der Waals surface area contributed by atoms with E-state index < -0.39 is 0 Å². The van der Waals surface area contributed by atoms with Crippen LogP contribution in [0.25, 0.3) is 0 Å². The fourth-order valence-electron chi connectivity index (χ4n) is 3.47. The molecule has 5 heteroatoms. The van der Waals surface area contributed by atoms with E-state index in [9.17, 15) is 0 Å². The Morgan fingerprint density at radius 2 is 1.61 bits per heavy atom. The van der Waals surface area contributed by atoms with Crippen molar-refractivity contribution in [3.05, 3.63) is 88.9 Å². The van der Waals surface area contributed by atoms with Crippen molar-refractivity contribution in [2.24, 2.45) is 5.10 Å². The summed E-state index contributed by atoms with van der Waals surface area (Å²) in [5.74, 6) is 1.43. The van der Waals surface area contributed by atoms with E-state index in [0.29, 0.717) is 11.5 Å². The van der Waals surface area contributed by atoms with E-state index in [1.165, 1.54) is 0 Å². The van der Waals surface area contributed by atoms with Crippen molar-refractivity contribution in [3.63, 3.8) is 0 Å². The van der Waals surface area contributed by atoms with Gasteiger partial charge in [-0.15, -0.1) is 0 Å². The van der Waals surface area contributed by atoms with Crippen LogP contribution in [0.15, 0.2) is 77.9 Å². The molecule has 0 saturated carbocycles. The van der Waals surface area contributed by atoms with Crippen LogP contribution in [0.4, 0.5) is 5.69 Å². The summed E-state index contributed by atoms with van der Waals surface area (Å²) in [6.45, 7) is 0. The number of benzene rings is 3. The van der Waals surface area contributed by atoms with E-state index in [-0.39, 0.29) is 6.04 Å². The number of hydrogen-bond donors (Lipinski definition) is 0. The number of halogens is 1. The van der Waals surface area contributed by atoms with E-state index in [1.54, 1.807) is 14.2 Å². The lowest BCUT2D eigenvalue weighted by Gasteiger charge is -2.24. The molecular weight excluding hydrogens is 372 g/mol. The van der Waals surface area contributed by atoms with Crippen molar-refractivity contribution < 1.29 is 9.47 Å². The van der Waals surface area contributed by atoms with Crippen molar-refractivity contribution >= 4 is 23.0 Å². The first-order valence-electron chi connectivity index (χ1n) is 9.09. The molecule has 4 nitrogen and oxygen atoms in total. The highest BCUT2D eigenvalue weighted by Crippen LogP contribution is 2.39. The third kappa shape index (κ3) is 3.56. The van der Waals surface area contributed by atoms with Gasteiger partial charge in [0.2, 0.25) is 0 Å². The smallest absolute Gasteiger partial charge is 0.161 e. The maximum atomic E-state index is 6.05. The molecule has 0 radical (unpaired) electrons. The second-order valence-electron chi connectivity index (χ2n) is 6.57. The zero-order valence-corrected chi connectivity index (χ0v) is 16.6. The van der Waals surface area contributed by atoms with E-state index >= 15 is 0 Å². The predicted molar refractivity (Wildman–Crippen MR) is 114 cm³/mol. The molecule has 0 amide bonds. The Bertz CT molecular complexity index is 987. The van der Waals surface area contributed by atoms with Crippen LogP contribution < -0.4 is 14.5 Å². The van der Waals surface area contributed by atoms with Crippen LogP contribution in [0.5, 0.6) is 11.5 Å². The average Bonchev–Trinajstić information content (AvgIpc) is 3.20. The Balaban J connectivity index is 1.74. The zero-order valence-electron chi connectivity index (χ0n) is 15.8. The number of nitrogens with zero attached hydrogens (tertiary/aromatic N) is 2. The van der Waals surface area contributed by atoms with Crippen molar-refractivity contribution in [3.8, 4) is 11.5 Å². The number of rotatable bonds is 5. The summed E-state index contributed by atoms with van der Waals surface area (Å²) in [6, 6.07) is 24.1. The highest BCUT2D eigenvalue weighted by molar-refractivity contribution is 6.30. The van der Waals surface area contributed by atoms with Gasteiger partial charge in [0.05, 0.1) is 31.7 Å². The lowest BCUT2D eigenvalue weighted by atomic mass is 9.98. The summed E-state index contributed by atoms with van der Waals surface area (Å²) in [5, 5.41) is 7.74. The Kier molecular flexibility index (Phi) is 5.22. The number of para-hydroxylation sites is 1. The van der Waals surface area contributed by atoms with Crippen LogP contribution in [0, 0.1) is 0 Å². The molecule has 0 unspecified atom stereocenters. The second kappa shape index (κ2) is 7.95. The zero-order chi connectivity index (χ0) is 19.5. The molecule has 1 atom stereocenters. The Morgan fingerprint density at radius 1 is 0.893 bits per heavy atom. The quantitative estimate of drug-likeness (QED) is 0.557. The van der Waals surface area contributed by atoms with Gasteiger partial charge in [-0.2, -0.15) is 5.10 Å². The molecule has 0 spiro atoms. The molecule has 0 bridgehead atoms. The molecule has 3 aromatic carbocycles. The molecule has 0 aliphatic carbocycles. The molecule has 1 heterocycles. The highest BCUT2D eigenvalue weighted by Gasteiger charge is 2.30. The molecule has 3 aromatic rings. The van der Waals surface area contributed by atoms with Crippen LogP contribution in [0.1, 0.15) is 23.6 Å². The van der Waals surface area contributed by atoms with Gasteiger partial charge in [-0.05, 0) is 47.5 Å². The maximum Gasteiger partial charge on any atom is 0.161 e. The fraction of sp³-hybridized carbons (Fsp3) is 0.174. The monoisotopic (exact) mass is 392 g/mol. The van der Waals surface area contributed by atoms with Crippen LogP contribution in [0.2, 0.25) is 5.02 Å². The molecule has 1 aliphatic heterocycles. The van der Waals surface area contributed by atoms with Crippen LogP contribution in [-0.2, 0) is 0 Å². The van der Waals surface area contributed by atoms with Gasteiger partial charge in [-0.25, -0.2) is 0 Å². The summed E-state index contributed by atoms with van der Waals surface area (Å²) >= 11 is 6.05. The van der Waals surface area contributed by atoms with Crippen molar-refractivity contribution in [2.75, 3.05) is 19.2 Å². The summed E-state index contributed by atoms with van der Waals surface area (Å²) in [7, 11) is 3.30. The minimum Gasteiger partial charge on any atom is -0.493 e. The first-order valence-corrected chi connectivity index (χ1v) is 9.47. The molecule has 0 saturated heterocycles. The van der Waals surface area contributed by atoms with Gasteiger partial charge in [-0.1, -0.05) is 48.0 Å². The van der Waals surface area contributed by atoms with Gasteiger partial charge in [0, 0.05) is 11.4 Å². The predicted octanol–water partition coefficient (Wildman–Crippen LogP) is 5.71. The van der Waals surface area contributed by atoms with Gasteiger partial charge in [0.1, 0.15) is 0 Å². The van der Waals surface area contributed by atoms with Crippen LogP contribution >= 0.6 is 11.6 Å². The van der Waals surface area contributed by atoms with Crippen molar-refractivity contribution in [1.29, 1.82) is 0 Å². The summed E-state index contributed by atoms with van der Waals surface area (Å²) in [6.07, 6.45) is 0.784. The van der Waals surface area contributed by atoms with E-state index in [2.05, 4.69) is 23.2 Å². The van der Waals surface area contributed by atoms with Gasteiger partial charge >= 0.3 is 0 Å². The van der Waals surface area contributed by atoms with E-state index in [1.807, 2.05) is 54.6 Å². The summed E-state index contributed by atoms with van der Waals surface area (Å²) in [4.78, 5) is 0. The van der Waals surface area contributed by atoms with Crippen molar-refractivity contribution in [2.45, 2.75) is 12.5 Å². The first kappa shape index (κ1) is 18.4. The summed E-state index contributed by atoms with van der Waals surface area (Å²) < 4.78 is 10.9. The number of ether oxygens (including phenoxy) is 2. The second-order valence-corrected chi connectivity index (χ2v) is 7.00. The Labute approximate surface area is 170 Å². The molecule has 142 valence electrons. The van der Waals surface area contributed by atoms with Gasteiger partial charge in [-0.3, -0.25) is 5.01 Å². The molecule has 0 N–H and O–H groups in total. The standard InChI is InChI=1S/C23H21ClN2O2/c1-27-22-13-10-17(14-23(22)28-2)21-15-20(16-8-11-18(24)12-9-16)25-26(21)19-6-4-3-5-7-19/h3-14,21H,15H2,1-2H3/t21-/m1/s1. The van der Waals surface area contributed by atoms with Gasteiger partial charge in [0.25, 0.3) is 0 Å². The lowest BCUT2D eigenvalue weighted by molar-refractivity contribution is 0.354. The number of hydrazone groups is 1. The summed E-state index contributed by atoms with van der Waals surface area (Å²) in [5.41, 5.74) is 4.27. The molecule has 4 rings (SSSR count). The van der Waals surface area contributed by atoms with Crippen molar-refractivity contribution in [1.82, 2.24) is 0 Å². The number of anilines is 1. The fourth-order valence-corrected chi connectivity index (χ4v) is 3.59. The van der Waals surface area contributed by atoms with Gasteiger partial charge in [0.15, 0.2) is 11.5 Å². The molecular formula is C23H21ClN2O2. The molecule has 1 aliphatic rings. The third-order valence-electron chi connectivity index (χ3n) is 4.90. The van der Waals surface area contributed by atoms with Crippen LogP contribution in [-0.4, -0.2) is 19.9 Å². The highest BCUT2D eigenvalue weighted by atomic mass is 35.5. The Morgan fingerprint density at radius 3 is 2.29 bits per heavy atom. The first-order chi connectivity index (χ1) is 13.7. The lowest BCUT2D eigenvalue weighted by Crippen LogP contribution is -2.18. The minimum absolute atomic E-state index is 0.0629.